The fourth-order valence-electron chi connectivity index (χ4n) is 2.94. The number of carbonyl (C=O) groups excluding carboxylic acids is 1. The van der Waals surface area contributed by atoms with Crippen LogP contribution in [0.4, 0.5) is 5.69 Å². The highest BCUT2D eigenvalue weighted by atomic mass is 32.1. The first-order chi connectivity index (χ1) is 12.1. The number of hydrogen-bond acceptors (Lipinski definition) is 6. The van der Waals surface area contributed by atoms with Gasteiger partial charge in [0.05, 0.1) is 16.9 Å². The minimum Gasteiger partial charge on any atom is -0.370 e. The number of thiazole rings is 1. The van der Waals surface area contributed by atoms with Gasteiger partial charge in [-0.2, -0.15) is 5.10 Å². The molecule has 2 aromatic rings. The van der Waals surface area contributed by atoms with E-state index in [4.69, 9.17) is 0 Å². The summed E-state index contributed by atoms with van der Waals surface area (Å²) < 4.78 is 1.32. The van der Waals surface area contributed by atoms with Crippen molar-refractivity contribution in [3.05, 3.63) is 38.7 Å². The van der Waals surface area contributed by atoms with Crippen molar-refractivity contribution in [3.63, 3.8) is 0 Å². The fourth-order valence-corrected chi connectivity index (χ4v) is 3.82. The normalized spacial score (nSPS) is 17.0. The lowest BCUT2D eigenvalue weighted by Crippen LogP contribution is -2.31. The fraction of sp³-hybridized carbons (Fsp3) is 0.529. The summed E-state index contributed by atoms with van der Waals surface area (Å²) in [6, 6.07) is 1.61. The minimum atomic E-state index is -0.110. The van der Waals surface area contributed by atoms with Crippen molar-refractivity contribution in [2.24, 2.45) is 13.0 Å². The van der Waals surface area contributed by atoms with Crippen LogP contribution in [0, 0.1) is 5.92 Å². The van der Waals surface area contributed by atoms with Crippen LogP contribution in [0.3, 0.4) is 0 Å². The van der Waals surface area contributed by atoms with E-state index in [1.54, 1.807) is 30.6 Å². The van der Waals surface area contributed by atoms with Crippen LogP contribution in [0.5, 0.6) is 0 Å². The third-order valence-corrected chi connectivity index (χ3v) is 5.31. The molecule has 0 spiro atoms. The molecule has 25 heavy (non-hydrogen) atoms. The van der Waals surface area contributed by atoms with Gasteiger partial charge in [0.1, 0.15) is 5.69 Å². The van der Waals surface area contributed by atoms with Gasteiger partial charge in [0.25, 0.3) is 11.5 Å². The molecule has 0 radical (unpaired) electrons. The number of hydrogen-bond donors (Lipinski definition) is 1. The van der Waals surface area contributed by atoms with Gasteiger partial charge in [-0.1, -0.05) is 6.92 Å². The second-order valence-corrected chi connectivity index (χ2v) is 7.31. The highest BCUT2D eigenvalue weighted by Crippen LogP contribution is 2.21. The van der Waals surface area contributed by atoms with Crippen LogP contribution < -0.4 is 15.8 Å². The SMILES string of the molecule is CCCc1nc(C(=O)NC[C@@H]2CCN(c3cnn(C)c(=O)c3)C2)cs1. The summed E-state index contributed by atoms with van der Waals surface area (Å²) in [5.74, 6) is 0.258. The first kappa shape index (κ1) is 17.6. The zero-order valence-electron chi connectivity index (χ0n) is 14.6. The molecule has 1 fully saturated rings. The molecule has 0 unspecified atom stereocenters. The minimum absolute atomic E-state index is 0.104. The summed E-state index contributed by atoms with van der Waals surface area (Å²) in [5, 5.41) is 9.89. The third-order valence-electron chi connectivity index (χ3n) is 4.40. The van der Waals surface area contributed by atoms with Crippen LogP contribution in [-0.2, 0) is 13.5 Å². The molecule has 0 aliphatic carbocycles. The summed E-state index contributed by atoms with van der Waals surface area (Å²) >= 11 is 1.54. The number of nitrogens with one attached hydrogen (secondary N) is 1. The first-order valence-electron chi connectivity index (χ1n) is 8.57. The Morgan fingerprint density at radius 3 is 3.08 bits per heavy atom. The van der Waals surface area contributed by atoms with Crippen molar-refractivity contribution in [2.75, 3.05) is 24.5 Å². The third kappa shape index (κ3) is 4.25. The molecule has 134 valence electrons. The molecule has 1 aliphatic heterocycles. The quantitative estimate of drug-likeness (QED) is 0.842. The molecular weight excluding hydrogens is 338 g/mol. The van der Waals surface area contributed by atoms with Gasteiger partial charge in [-0.05, 0) is 25.2 Å². The molecule has 0 bridgehead atoms. The number of nitrogens with zero attached hydrogens (tertiary/aromatic N) is 4. The largest absolute Gasteiger partial charge is 0.370 e. The van der Waals surface area contributed by atoms with Gasteiger partial charge in [0.2, 0.25) is 0 Å². The molecule has 1 N–H and O–H groups in total. The van der Waals surface area contributed by atoms with Gasteiger partial charge in [-0.3, -0.25) is 9.59 Å². The lowest BCUT2D eigenvalue weighted by atomic mass is 10.1. The highest BCUT2D eigenvalue weighted by Gasteiger charge is 2.24. The van der Waals surface area contributed by atoms with E-state index in [0.717, 1.165) is 43.0 Å². The van der Waals surface area contributed by atoms with E-state index in [2.05, 4.69) is 27.2 Å². The Balaban J connectivity index is 1.51. The molecule has 0 saturated carbocycles. The van der Waals surface area contributed by atoms with Crippen LogP contribution in [0.25, 0.3) is 0 Å². The summed E-state index contributed by atoms with van der Waals surface area (Å²) in [6.45, 7) is 4.40. The lowest BCUT2D eigenvalue weighted by molar-refractivity contribution is 0.0944. The Bertz CT molecular complexity index is 800. The summed E-state index contributed by atoms with van der Waals surface area (Å²) in [4.78, 5) is 30.4. The van der Waals surface area contributed by atoms with Gasteiger partial charge >= 0.3 is 0 Å². The van der Waals surface area contributed by atoms with E-state index in [0.29, 0.717) is 18.2 Å². The topological polar surface area (TPSA) is 80.1 Å². The van der Waals surface area contributed by atoms with Crippen molar-refractivity contribution < 1.29 is 4.79 Å². The maximum atomic E-state index is 12.2. The molecule has 1 saturated heterocycles. The van der Waals surface area contributed by atoms with Crippen LogP contribution in [0.1, 0.15) is 35.3 Å². The van der Waals surface area contributed by atoms with Crippen molar-refractivity contribution in [2.45, 2.75) is 26.2 Å². The predicted molar refractivity (Wildman–Crippen MR) is 98.2 cm³/mol. The van der Waals surface area contributed by atoms with Gasteiger partial charge in [-0.15, -0.1) is 11.3 Å². The van der Waals surface area contributed by atoms with Crippen LogP contribution in [0.2, 0.25) is 0 Å². The number of aromatic nitrogens is 3. The number of aryl methyl sites for hydroxylation is 2. The van der Waals surface area contributed by atoms with E-state index in [9.17, 15) is 9.59 Å². The molecule has 1 amide bonds. The second-order valence-electron chi connectivity index (χ2n) is 6.36. The van der Waals surface area contributed by atoms with Gasteiger partial charge in [0.15, 0.2) is 0 Å². The van der Waals surface area contributed by atoms with E-state index >= 15 is 0 Å². The first-order valence-corrected chi connectivity index (χ1v) is 9.45. The predicted octanol–water partition coefficient (Wildman–Crippen LogP) is 1.45. The molecule has 0 aromatic carbocycles. The molecule has 3 rings (SSSR count). The second kappa shape index (κ2) is 7.77. The van der Waals surface area contributed by atoms with Crippen molar-refractivity contribution in [1.29, 1.82) is 0 Å². The lowest BCUT2D eigenvalue weighted by Gasteiger charge is -2.18. The summed E-state index contributed by atoms with van der Waals surface area (Å²) in [5.41, 5.74) is 1.25. The van der Waals surface area contributed by atoms with Gasteiger partial charge in [0, 0.05) is 38.1 Å². The zero-order chi connectivity index (χ0) is 17.8. The number of carbonyl (C=O) groups is 1. The molecule has 1 atom stereocenters. The van der Waals surface area contributed by atoms with E-state index in [-0.39, 0.29) is 11.5 Å². The molecule has 1 aliphatic rings. The molecule has 2 aromatic heterocycles. The van der Waals surface area contributed by atoms with E-state index in [1.807, 2.05) is 5.38 Å². The maximum absolute atomic E-state index is 12.2. The Morgan fingerprint density at radius 1 is 1.48 bits per heavy atom. The summed E-state index contributed by atoms with van der Waals surface area (Å²) in [7, 11) is 1.64. The van der Waals surface area contributed by atoms with Crippen molar-refractivity contribution in [3.8, 4) is 0 Å². The average molecular weight is 361 g/mol. The zero-order valence-corrected chi connectivity index (χ0v) is 15.4. The van der Waals surface area contributed by atoms with Crippen molar-refractivity contribution in [1.82, 2.24) is 20.1 Å². The van der Waals surface area contributed by atoms with Gasteiger partial charge < -0.3 is 10.2 Å². The standard InChI is InChI=1S/C17H23N5O2S/c1-3-4-15-20-14(11-25-15)17(24)18-8-12-5-6-22(10-12)13-7-16(23)21(2)19-9-13/h7,9,11-12H,3-6,8,10H2,1-2H3,(H,18,24)/t12-/m0/s1. The molecule has 3 heterocycles. The van der Waals surface area contributed by atoms with E-state index in [1.165, 1.54) is 4.68 Å². The monoisotopic (exact) mass is 361 g/mol. The maximum Gasteiger partial charge on any atom is 0.270 e. The van der Waals surface area contributed by atoms with Crippen molar-refractivity contribution >= 4 is 22.9 Å². The van der Waals surface area contributed by atoms with Crippen LogP contribution in [0.15, 0.2) is 22.4 Å². The number of rotatable bonds is 6. The Labute approximate surface area is 150 Å². The van der Waals surface area contributed by atoms with Crippen LogP contribution >= 0.6 is 11.3 Å². The smallest absolute Gasteiger partial charge is 0.270 e. The highest BCUT2D eigenvalue weighted by molar-refractivity contribution is 7.09. The number of anilines is 1. The Kier molecular flexibility index (Phi) is 5.47. The Morgan fingerprint density at radius 2 is 2.32 bits per heavy atom. The Hall–Kier alpha value is -2.22. The molecule has 8 heteroatoms. The molecular formula is C17H23N5O2S. The number of amides is 1. The van der Waals surface area contributed by atoms with Crippen LogP contribution in [-0.4, -0.2) is 40.3 Å². The molecule has 7 nitrogen and oxygen atoms in total. The summed E-state index contributed by atoms with van der Waals surface area (Å²) in [6.07, 6.45) is 4.64. The van der Waals surface area contributed by atoms with Gasteiger partial charge in [-0.25, -0.2) is 9.67 Å². The van der Waals surface area contributed by atoms with E-state index < -0.39 is 0 Å². The average Bonchev–Trinajstić information content (AvgIpc) is 3.25.